The van der Waals surface area contributed by atoms with Crippen molar-refractivity contribution in [3.05, 3.63) is 65.0 Å². The van der Waals surface area contributed by atoms with Crippen LogP contribution < -0.4 is 5.32 Å². The van der Waals surface area contributed by atoms with Gasteiger partial charge in [-0.25, -0.2) is 9.37 Å². The Bertz CT molecular complexity index is 1040. The lowest BCUT2D eigenvalue weighted by Crippen LogP contribution is -2.14. The number of halogens is 1. The summed E-state index contributed by atoms with van der Waals surface area (Å²) in [5.74, 6) is -0.620. The minimum absolute atomic E-state index is 0.0780. The van der Waals surface area contributed by atoms with Crippen molar-refractivity contribution in [1.29, 1.82) is 5.26 Å². The van der Waals surface area contributed by atoms with Crippen molar-refractivity contribution in [2.45, 2.75) is 18.9 Å². The highest BCUT2D eigenvalue weighted by molar-refractivity contribution is 8.00. The standard InChI is InChI=1S/C20H16FN3OS/c1-12-6-13(2)19-14(7-12)8-15(10-22)20(24-19)26-11-18(25)23-17-5-3-4-16(21)9-17/h3-9H,11H2,1-2H3,(H,23,25). The fourth-order valence-electron chi connectivity index (χ4n) is 2.72. The molecule has 0 aliphatic heterocycles. The van der Waals surface area contributed by atoms with Gasteiger partial charge in [-0.1, -0.05) is 29.5 Å². The van der Waals surface area contributed by atoms with Gasteiger partial charge in [0, 0.05) is 11.1 Å². The second-order valence-electron chi connectivity index (χ2n) is 5.95. The zero-order valence-electron chi connectivity index (χ0n) is 14.3. The SMILES string of the molecule is Cc1cc(C)c2nc(SCC(=O)Nc3cccc(F)c3)c(C#N)cc2c1. The van der Waals surface area contributed by atoms with Gasteiger partial charge in [-0.3, -0.25) is 4.79 Å². The van der Waals surface area contributed by atoms with Crippen LogP contribution in [-0.4, -0.2) is 16.6 Å². The highest BCUT2D eigenvalue weighted by atomic mass is 32.2. The Morgan fingerprint density at radius 3 is 2.81 bits per heavy atom. The molecule has 0 unspecified atom stereocenters. The number of aryl methyl sites for hydroxylation is 2. The second-order valence-corrected chi connectivity index (χ2v) is 6.92. The maximum absolute atomic E-state index is 13.2. The molecule has 1 aromatic heterocycles. The van der Waals surface area contributed by atoms with Gasteiger partial charge in [0.05, 0.1) is 16.8 Å². The Morgan fingerprint density at radius 1 is 1.27 bits per heavy atom. The van der Waals surface area contributed by atoms with Crippen LogP contribution in [-0.2, 0) is 4.79 Å². The molecule has 130 valence electrons. The van der Waals surface area contributed by atoms with Crippen LogP contribution in [0.4, 0.5) is 10.1 Å². The summed E-state index contributed by atoms with van der Waals surface area (Å²) in [7, 11) is 0. The molecule has 0 atom stereocenters. The molecule has 1 heterocycles. The number of pyridine rings is 1. The molecule has 3 aromatic rings. The van der Waals surface area contributed by atoms with Crippen LogP contribution in [0.15, 0.2) is 47.5 Å². The second kappa shape index (κ2) is 7.54. The molecule has 3 rings (SSSR count). The van der Waals surface area contributed by atoms with E-state index in [-0.39, 0.29) is 11.7 Å². The van der Waals surface area contributed by atoms with Crippen LogP contribution in [0.25, 0.3) is 10.9 Å². The van der Waals surface area contributed by atoms with Crippen molar-refractivity contribution >= 4 is 34.3 Å². The number of amides is 1. The quantitative estimate of drug-likeness (QED) is 0.687. The number of rotatable bonds is 4. The van der Waals surface area contributed by atoms with E-state index in [9.17, 15) is 14.4 Å². The maximum Gasteiger partial charge on any atom is 0.234 e. The fraction of sp³-hybridized carbons (Fsp3) is 0.150. The van der Waals surface area contributed by atoms with Crippen molar-refractivity contribution in [3.8, 4) is 6.07 Å². The van der Waals surface area contributed by atoms with Crippen LogP contribution in [0.2, 0.25) is 0 Å². The zero-order chi connectivity index (χ0) is 18.7. The molecule has 0 spiro atoms. The van der Waals surface area contributed by atoms with E-state index in [4.69, 9.17) is 0 Å². The first-order valence-electron chi connectivity index (χ1n) is 7.96. The van der Waals surface area contributed by atoms with Crippen molar-refractivity contribution in [2.24, 2.45) is 0 Å². The summed E-state index contributed by atoms with van der Waals surface area (Å²) in [6.07, 6.45) is 0. The number of fused-ring (bicyclic) bond motifs is 1. The number of nitrogens with one attached hydrogen (secondary N) is 1. The summed E-state index contributed by atoms with van der Waals surface area (Å²) in [6, 6.07) is 13.7. The van der Waals surface area contributed by atoms with E-state index in [0.29, 0.717) is 16.3 Å². The Balaban J connectivity index is 1.80. The molecule has 0 saturated carbocycles. The minimum Gasteiger partial charge on any atom is -0.325 e. The highest BCUT2D eigenvalue weighted by Crippen LogP contribution is 2.27. The topological polar surface area (TPSA) is 65.8 Å². The van der Waals surface area contributed by atoms with Crippen molar-refractivity contribution in [3.63, 3.8) is 0 Å². The number of anilines is 1. The number of nitriles is 1. The van der Waals surface area contributed by atoms with E-state index < -0.39 is 5.82 Å². The Morgan fingerprint density at radius 2 is 2.08 bits per heavy atom. The summed E-state index contributed by atoms with van der Waals surface area (Å²) in [5.41, 5.74) is 3.79. The van der Waals surface area contributed by atoms with Gasteiger partial charge in [0.25, 0.3) is 0 Å². The van der Waals surface area contributed by atoms with Crippen molar-refractivity contribution in [2.75, 3.05) is 11.1 Å². The van der Waals surface area contributed by atoms with Crippen LogP contribution in [0.1, 0.15) is 16.7 Å². The molecule has 1 amide bonds. The van der Waals surface area contributed by atoms with Crippen molar-refractivity contribution in [1.82, 2.24) is 4.98 Å². The molecule has 0 saturated heterocycles. The third-order valence-electron chi connectivity index (χ3n) is 3.79. The van der Waals surface area contributed by atoms with E-state index in [1.807, 2.05) is 26.0 Å². The largest absolute Gasteiger partial charge is 0.325 e. The molecule has 2 aromatic carbocycles. The van der Waals surface area contributed by atoms with E-state index in [1.165, 1.54) is 30.0 Å². The van der Waals surface area contributed by atoms with Crippen molar-refractivity contribution < 1.29 is 9.18 Å². The average Bonchev–Trinajstić information content (AvgIpc) is 2.59. The summed E-state index contributed by atoms with van der Waals surface area (Å²) in [4.78, 5) is 16.7. The number of aromatic nitrogens is 1. The predicted octanol–water partition coefficient (Wildman–Crippen LogP) is 4.59. The van der Waals surface area contributed by atoms with E-state index in [2.05, 4.69) is 16.4 Å². The number of hydrogen-bond donors (Lipinski definition) is 1. The zero-order valence-corrected chi connectivity index (χ0v) is 15.2. The van der Waals surface area contributed by atoms with Crippen LogP contribution in [0, 0.1) is 31.0 Å². The van der Waals surface area contributed by atoms with Gasteiger partial charge in [-0.05, 0) is 49.7 Å². The molecule has 26 heavy (non-hydrogen) atoms. The third kappa shape index (κ3) is 4.01. The van der Waals surface area contributed by atoms with E-state index in [0.717, 1.165) is 22.0 Å². The minimum atomic E-state index is -0.413. The molecule has 0 aliphatic rings. The molecular weight excluding hydrogens is 349 g/mol. The average molecular weight is 365 g/mol. The third-order valence-corrected chi connectivity index (χ3v) is 4.78. The molecule has 6 heteroatoms. The molecule has 0 aliphatic carbocycles. The molecule has 0 bridgehead atoms. The van der Waals surface area contributed by atoms with Gasteiger partial charge < -0.3 is 5.32 Å². The van der Waals surface area contributed by atoms with Gasteiger partial charge in [-0.15, -0.1) is 0 Å². The maximum atomic E-state index is 13.2. The van der Waals surface area contributed by atoms with Gasteiger partial charge in [-0.2, -0.15) is 5.26 Å². The lowest BCUT2D eigenvalue weighted by atomic mass is 10.1. The van der Waals surface area contributed by atoms with E-state index >= 15 is 0 Å². The molecular formula is C20H16FN3OS. The molecule has 0 fully saturated rings. The molecule has 0 radical (unpaired) electrons. The monoisotopic (exact) mass is 365 g/mol. The first kappa shape index (κ1) is 17.9. The summed E-state index contributed by atoms with van der Waals surface area (Å²) < 4.78 is 13.2. The predicted molar refractivity (Wildman–Crippen MR) is 102 cm³/mol. The first-order valence-corrected chi connectivity index (χ1v) is 8.95. The molecule has 1 N–H and O–H groups in total. The Labute approximate surface area is 155 Å². The summed E-state index contributed by atoms with van der Waals surface area (Å²) in [5, 5.41) is 13.5. The van der Waals surface area contributed by atoms with Crippen LogP contribution in [0.3, 0.4) is 0 Å². The lowest BCUT2D eigenvalue weighted by molar-refractivity contribution is -0.113. The smallest absolute Gasteiger partial charge is 0.234 e. The highest BCUT2D eigenvalue weighted by Gasteiger charge is 2.12. The number of carbonyl (C=O) groups is 1. The number of carbonyl (C=O) groups excluding carboxylic acids is 1. The molecule has 4 nitrogen and oxygen atoms in total. The Hall–Kier alpha value is -2.91. The van der Waals surface area contributed by atoms with Crippen LogP contribution in [0.5, 0.6) is 0 Å². The first-order chi connectivity index (χ1) is 12.5. The van der Waals surface area contributed by atoms with Gasteiger partial charge in [0.2, 0.25) is 5.91 Å². The van der Waals surface area contributed by atoms with Gasteiger partial charge in [0.1, 0.15) is 16.9 Å². The number of benzene rings is 2. The number of nitrogens with zero attached hydrogens (tertiary/aromatic N) is 2. The normalized spacial score (nSPS) is 10.5. The van der Waals surface area contributed by atoms with Crippen LogP contribution >= 0.6 is 11.8 Å². The number of thioether (sulfide) groups is 1. The van der Waals surface area contributed by atoms with E-state index in [1.54, 1.807) is 12.1 Å². The lowest BCUT2D eigenvalue weighted by Gasteiger charge is -2.09. The fourth-order valence-corrected chi connectivity index (χ4v) is 3.48. The number of hydrogen-bond acceptors (Lipinski definition) is 4. The van der Waals surface area contributed by atoms with Gasteiger partial charge >= 0.3 is 0 Å². The summed E-state index contributed by atoms with van der Waals surface area (Å²) in [6.45, 7) is 3.97. The van der Waals surface area contributed by atoms with Gasteiger partial charge in [0.15, 0.2) is 0 Å². The Kier molecular flexibility index (Phi) is 5.19. The summed E-state index contributed by atoms with van der Waals surface area (Å²) >= 11 is 1.19.